The summed E-state index contributed by atoms with van der Waals surface area (Å²) in [4.78, 5) is 12.0. The van der Waals surface area contributed by atoms with Gasteiger partial charge in [0.05, 0.1) is 13.2 Å². The zero-order chi connectivity index (χ0) is 16.2. The minimum atomic E-state index is -0.650. The molecule has 2 N–H and O–H groups in total. The molecule has 4 unspecified atom stereocenters. The number of fused-ring (bicyclic) bond motifs is 4. The van der Waals surface area contributed by atoms with Crippen LogP contribution in [0.2, 0.25) is 0 Å². The molecule has 6 fully saturated rings. The summed E-state index contributed by atoms with van der Waals surface area (Å²) in [7, 11) is 0. The van der Waals surface area contributed by atoms with Gasteiger partial charge in [-0.25, -0.2) is 0 Å². The molecule has 1 aliphatic heterocycles. The number of hydrogen-bond acceptors (Lipinski definition) is 5. The van der Waals surface area contributed by atoms with Gasteiger partial charge in [0.1, 0.15) is 0 Å². The third-order valence-corrected chi connectivity index (χ3v) is 9.14. The van der Waals surface area contributed by atoms with E-state index < -0.39 is 11.6 Å². The van der Waals surface area contributed by atoms with E-state index >= 15 is 0 Å². The van der Waals surface area contributed by atoms with Gasteiger partial charge in [-0.2, -0.15) is 9.78 Å². The molecule has 0 radical (unpaired) electrons. The maximum Gasteiger partial charge on any atom is 0.210 e. The van der Waals surface area contributed by atoms with Gasteiger partial charge in [0.25, 0.3) is 0 Å². The Hall–Kier alpha value is -0.200. The van der Waals surface area contributed by atoms with Gasteiger partial charge in [0.15, 0.2) is 0 Å². The van der Waals surface area contributed by atoms with E-state index in [1.54, 1.807) is 0 Å². The second-order valence-electron chi connectivity index (χ2n) is 9.85. The van der Waals surface area contributed by atoms with Gasteiger partial charge in [-0.15, -0.1) is 0 Å². The Bertz CT molecular complexity index is 536. The lowest BCUT2D eigenvalue weighted by Crippen LogP contribution is -2.51. The summed E-state index contributed by atoms with van der Waals surface area (Å²) >= 11 is 0. The zero-order valence-electron chi connectivity index (χ0n) is 14.2. The van der Waals surface area contributed by atoms with Crippen molar-refractivity contribution in [3.63, 3.8) is 0 Å². The average Bonchev–Trinajstić information content (AvgIpc) is 3.19. The Morgan fingerprint density at radius 2 is 1.33 bits per heavy atom. The Balaban J connectivity index is 1.26. The van der Waals surface area contributed by atoms with Crippen LogP contribution in [0.25, 0.3) is 0 Å². The second kappa shape index (κ2) is 4.37. The molecule has 134 valence electrons. The standard InChI is InChI=1S/C19H28O5/c20-10-16(11-21)1-3-18(4-2-16)22-19(24-23-18)14-6-12-5-13-7-15(19)9-17(12,13)8-14/h12-15,20-21H,1-11H2. The molecule has 5 aliphatic carbocycles. The summed E-state index contributed by atoms with van der Waals surface area (Å²) in [5.74, 6) is 1.65. The minimum absolute atomic E-state index is 0.0305. The minimum Gasteiger partial charge on any atom is -0.396 e. The molecule has 1 heterocycles. The first-order valence-corrected chi connectivity index (χ1v) is 9.86. The molecule has 4 atom stereocenters. The maximum atomic E-state index is 9.65. The summed E-state index contributed by atoms with van der Waals surface area (Å²) < 4.78 is 6.72. The summed E-state index contributed by atoms with van der Waals surface area (Å²) in [6.45, 7) is 0.0609. The van der Waals surface area contributed by atoms with Crippen molar-refractivity contribution >= 4 is 0 Å². The molecule has 0 amide bonds. The van der Waals surface area contributed by atoms with Crippen LogP contribution in [-0.4, -0.2) is 35.0 Å². The normalized spacial score (nSPS) is 55.2. The molecule has 1 saturated heterocycles. The predicted octanol–water partition coefficient (Wildman–Crippen LogP) is 2.36. The summed E-state index contributed by atoms with van der Waals surface area (Å²) in [6.07, 6.45) is 9.34. The molecule has 3 spiro atoms. The van der Waals surface area contributed by atoms with Crippen molar-refractivity contribution in [2.75, 3.05) is 13.2 Å². The molecule has 0 aromatic rings. The highest BCUT2D eigenvalue weighted by atomic mass is 17.3. The monoisotopic (exact) mass is 336 g/mol. The molecule has 6 rings (SSSR count). The van der Waals surface area contributed by atoms with Crippen LogP contribution in [0.15, 0.2) is 0 Å². The lowest BCUT2D eigenvalue weighted by Gasteiger charge is -2.49. The van der Waals surface area contributed by atoms with Gasteiger partial charge >= 0.3 is 0 Å². The van der Waals surface area contributed by atoms with E-state index in [2.05, 4.69) is 0 Å². The maximum absolute atomic E-state index is 9.65. The fraction of sp³-hybridized carbons (Fsp3) is 1.00. The fourth-order valence-electron chi connectivity index (χ4n) is 7.60. The van der Waals surface area contributed by atoms with Crippen LogP contribution < -0.4 is 0 Å². The van der Waals surface area contributed by atoms with Gasteiger partial charge in [0.2, 0.25) is 11.6 Å². The van der Waals surface area contributed by atoms with Crippen molar-refractivity contribution in [1.82, 2.24) is 0 Å². The molecule has 5 nitrogen and oxygen atoms in total. The third kappa shape index (κ3) is 1.52. The van der Waals surface area contributed by atoms with Crippen molar-refractivity contribution in [2.24, 2.45) is 34.5 Å². The van der Waals surface area contributed by atoms with E-state index in [0.717, 1.165) is 24.7 Å². The Morgan fingerprint density at radius 1 is 0.750 bits per heavy atom. The first-order chi connectivity index (χ1) is 11.6. The van der Waals surface area contributed by atoms with Gasteiger partial charge in [0, 0.05) is 30.1 Å². The van der Waals surface area contributed by atoms with Crippen LogP contribution in [0.5, 0.6) is 0 Å². The van der Waals surface area contributed by atoms with Crippen LogP contribution >= 0.6 is 0 Å². The SMILES string of the molecule is OCC1(CO)CCC2(CC1)OOC1(O2)C2CC3CC4CC1CC34C2. The highest BCUT2D eigenvalue weighted by molar-refractivity contribution is 5.21. The van der Waals surface area contributed by atoms with Gasteiger partial charge < -0.3 is 14.9 Å². The largest absolute Gasteiger partial charge is 0.396 e. The van der Waals surface area contributed by atoms with E-state index in [0.29, 0.717) is 30.1 Å². The summed E-state index contributed by atoms with van der Waals surface area (Å²) in [5, 5.41) is 19.3. The smallest absolute Gasteiger partial charge is 0.210 e. The molecule has 24 heavy (non-hydrogen) atoms. The number of aliphatic hydroxyl groups is 2. The van der Waals surface area contributed by atoms with Gasteiger partial charge in [-0.1, -0.05) is 0 Å². The van der Waals surface area contributed by atoms with E-state index in [1.807, 2.05) is 0 Å². The predicted molar refractivity (Wildman–Crippen MR) is 83.3 cm³/mol. The van der Waals surface area contributed by atoms with E-state index in [9.17, 15) is 10.2 Å². The Kier molecular flexibility index (Phi) is 2.72. The van der Waals surface area contributed by atoms with E-state index in [1.165, 1.54) is 32.1 Å². The molecule has 5 heteroatoms. The van der Waals surface area contributed by atoms with Gasteiger partial charge in [-0.3, -0.25) is 0 Å². The topological polar surface area (TPSA) is 68.2 Å². The molecular weight excluding hydrogens is 308 g/mol. The molecule has 6 aliphatic rings. The van der Waals surface area contributed by atoms with E-state index in [4.69, 9.17) is 14.5 Å². The Labute approximate surface area is 142 Å². The second-order valence-corrected chi connectivity index (χ2v) is 9.85. The zero-order valence-corrected chi connectivity index (χ0v) is 14.2. The lowest BCUT2D eigenvalue weighted by atomic mass is 9.56. The van der Waals surface area contributed by atoms with Crippen molar-refractivity contribution < 1.29 is 24.7 Å². The van der Waals surface area contributed by atoms with Crippen molar-refractivity contribution in [3.05, 3.63) is 0 Å². The molecule has 0 aromatic heterocycles. The molecular formula is C19H28O5. The molecule has 3 bridgehead atoms. The third-order valence-electron chi connectivity index (χ3n) is 9.14. The fourth-order valence-corrected chi connectivity index (χ4v) is 7.60. The average molecular weight is 336 g/mol. The first-order valence-electron chi connectivity index (χ1n) is 9.86. The summed E-state index contributed by atoms with van der Waals surface area (Å²) in [6, 6.07) is 0. The Morgan fingerprint density at radius 3 is 1.92 bits per heavy atom. The highest BCUT2D eigenvalue weighted by Gasteiger charge is 2.77. The number of hydrogen-bond donors (Lipinski definition) is 2. The quantitative estimate of drug-likeness (QED) is 0.758. The van der Waals surface area contributed by atoms with Crippen LogP contribution in [0, 0.1) is 34.5 Å². The number of aliphatic hydroxyl groups excluding tert-OH is 2. The van der Waals surface area contributed by atoms with Crippen LogP contribution in [-0.2, 0) is 14.5 Å². The molecule has 5 saturated carbocycles. The van der Waals surface area contributed by atoms with E-state index in [-0.39, 0.29) is 18.6 Å². The van der Waals surface area contributed by atoms with Crippen molar-refractivity contribution in [1.29, 1.82) is 0 Å². The molecule has 0 aromatic carbocycles. The number of rotatable bonds is 2. The first kappa shape index (κ1) is 14.9. The van der Waals surface area contributed by atoms with Crippen LogP contribution in [0.4, 0.5) is 0 Å². The van der Waals surface area contributed by atoms with Crippen LogP contribution in [0.1, 0.15) is 57.8 Å². The van der Waals surface area contributed by atoms with Gasteiger partial charge in [-0.05, 0) is 62.2 Å². The summed E-state index contributed by atoms with van der Waals surface area (Å²) in [5.41, 5.74) is 0.260. The highest BCUT2D eigenvalue weighted by Crippen LogP contribution is 2.79. The van der Waals surface area contributed by atoms with Crippen molar-refractivity contribution in [2.45, 2.75) is 69.4 Å². The van der Waals surface area contributed by atoms with Crippen molar-refractivity contribution in [3.8, 4) is 0 Å². The number of ether oxygens (including phenoxy) is 1. The lowest BCUT2D eigenvalue weighted by molar-refractivity contribution is -0.376. The van der Waals surface area contributed by atoms with Crippen LogP contribution in [0.3, 0.4) is 0 Å².